The summed E-state index contributed by atoms with van der Waals surface area (Å²) in [6.07, 6.45) is 0.968. The van der Waals surface area contributed by atoms with Gasteiger partial charge in [0.1, 0.15) is 5.75 Å². The van der Waals surface area contributed by atoms with Gasteiger partial charge in [0.25, 0.3) is 0 Å². The van der Waals surface area contributed by atoms with Gasteiger partial charge in [0, 0.05) is 17.3 Å². The van der Waals surface area contributed by atoms with Gasteiger partial charge in [0.05, 0.1) is 0 Å². The molecule has 84 valence electrons. The molecule has 0 spiro atoms. The zero-order chi connectivity index (χ0) is 11.3. The van der Waals surface area contributed by atoms with Crippen LogP contribution in [0.15, 0.2) is 23.1 Å². The molecular weight excluding hydrogens is 208 g/mol. The van der Waals surface area contributed by atoms with Gasteiger partial charge in [-0.05, 0) is 24.5 Å². The Kier molecular flexibility index (Phi) is 4.99. The third kappa shape index (κ3) is 3.43. The molecule has 1 rings (SSSR count). The highest BCUT2D eigenvalue weighted by Crippen LogP contribution is 2.32. The molecule has 1 aromatic carbocycles. The molecule has 1 aromatic rings. The summed E-state index contributed by atoms with van der Waals surface area (Å²) in [4.78, 5) is 0.905. The van der Waals surface area contributed by atoms with E-state index in [1.165, 1.54) is 0 Å². The highest BCUT2D eigenvalue weighted by atomic mass is 32.2. The number of phenolic OH excluding ortho intramolecular Hbond substituents is 1. The molecule has 0 aromatic heterocycles. The maximum Gasteiger partial charge on any atom is 0.132 e. The molecule has 0 aliphatic carbocycles. The molecule has 2 N–H and O–H groups in total. The minimum atomic E-state index is 0.218. The number of aryl methyl sites for hydroxylation is 1. The van der Waals surface area contributed by atoms with Crippen molar-refractivity contribution in [2.45, 2.75) is 25.2 Å². The number of aromatic hydroxyl groups is 1. The summed E-state index contributed by atoms with van der Waals surface area (Å²) in [5.74, 6) is 1.54. The molecule has 2 nitrogen and oxygen atoms in total. The Hall–Kier alpha value is -0.670. The second-order valence-electron chi connectivity index (χ2n) is 3.69. The average molecular weight is 226 g/mol. The van der Waals surface area contributed by atoms with Gasteiger partial charge < -0.3 is 10.2 Å². The number of benzene rings is 1. The Labute approximate surface area is 95.3 Å². The summed E-state index contributed by atoms with van der Waals surface area (Å²) in [7, 11) is 0. The Morgan fingerprint density at radius 2 is 2.13 bits per heavy atom. The minimum Gasteiger partial charge on any atom is -0.507 e. The van der Waals surface area contributed by atoms with Crippen LogP contribution in [0.5, 0.6) is 5.75 Å². The van der Waals surface area contributed by atoms with Crippen molar-refractivity contribution in [3.63, 3.8) is 0 Å². The molecule has 1 atom stereocenters. The molecule has 0 amide bonds. The number of thioether (sulfide) groups is 1. The van der Waals surface area contributed by atoms with Crippen molar-refractivity contribution in [3.8, 4) is 5.75 Å². The van der Waals surface area contributed by atoms with E-state index in [4.69, 9.17) is 5.11 Å². The van der Waals surface area contributed by atoms with Crippen molar-refractivity contribution in [1.29, 1.82) is 0 Å². The van der Waals surface area contributed by atoms with E-state index in [1.807, 2.05) is 25.1 Å². The van der Waals surface area contributed by atoms with Crippen LogP contribution in [-0.4, -0.2) is 22.6 Å². The molecule has 0 bridgehead atoms. The predicted octanol–water partition coefficient (Wildman–Crippen LogP) is 2.81. The lowest BCUT2D eigenvalue weighted by Gasteiger charge is -2.12. The first kappa shape index (κ1) is 12.4. The average Bonchev–Trinajstić information content (AvgIpc) is 2.25. The number of aliphatic hydroxyl groups excluding tert-OH is 1. The number of phenols is 1. The quantitative estimate of drug-likeness (QED) is 0.758. The van der Waals surface area contributed by atoms with E-state index in [0.717, 1.165) is 22.6 Å². The first-order chi connectivity index (χ1) is 7.19. The maximum absolute atomic E-state index is 9.77. The molecule has 0 saturated heterocycles. The summed E-state index contributed by atoms with van der Waals surface area (Å²) in [5.41, 5.74) is 0.900. The second kappa shape index (κ2) is 6.03. The normalized spacial score (nSPS) is 12.7. The Morgan fingerprint density at radius 3 is 2.73 bits per heavy atom. The molecule has 1 unspecified atom stereocenters. The molecule has 15 heavy (non-hydrogen) atoms. The third-order valence-electron chi connectivity index (χ3n) is 2.51. The largest absolute Gasteiger partial charge is 0.507 e. The fraction of sp³-hybridized carbons (Fsp3) is 0.500. The number of aliphatic hydroxyl groups is 1. The van der Waals surface area contributed by atoms with Crippen LogP contribution in [-0.2, 0) is 0 Å². The Balaban J connectivity index is 2.61. The van der Waals surface area contributed by atoms with Crippen molar-refractivity contribution in [2.24, 2.45) is 5.92 Å². The fourth-order valence-electron chi connectivity index (χ4n) is 1.26. The number of hydrogen-bond donors (Lipinski definition) is 2. The van der Waals surface area contributed by atoms with E-state index in [9.17, 15) is 5.11 Å². The van der Waals surface area contributed by atoms with E-state index < -0.39 is 0 Å². The topological polar surface area (TPSA) is 40.5 Å². The van der Waals surface area contributed by atoms with Crippen LogP contribution in [0, 0.1) is 12.8 Å². The lowest BCUT2D eigenvalue weighted by molar-refractivity contribution is 0.237. The molecule has 0 fully saturated rings. The zero-order valence-electron chi connectivity index (χ0n) is 9.23. The van der Waals surface area contributed by atoms with Gasteiger partial charge in [0.15, 0.2) is 0 Å². The van der Waals surface area contributed by atoms with Gasteiger partial charge in [-0.15, -0.1) is 11.8 Å². The smallest absolute Gasteiger partial charge is 0.132 e. The van der Waals surface area contributed by atoms with Crippen LogP contribution in [0.25, 0.3) is 0 Å². The lowest BCUT2D eigenvalue weighted by Crippen LogP contribution is -2.07. The standard InChI is InChI=1S/C12H18O2S/c1-3-10(7-13)8-15-11-6-4-5-9(2)12(11)14/h4-6,10,13-14H,3,7-8H2,1-2H3. The van der Waals surface area contributed by atoms with Gasteiger partial charge >= 0.3 is 0 Å². The van der Waals surface area contributed by atoms with Crippen LogP contribution in [0.4, 0.5) is 0 Å². The fourth-order valence-corrected chi connectivity index (χ4v) is 2.48. The summed E-state index contributed by atoms with van der Waals surface area (Å²) >= 11 is 1.61. The zero-order valence-corrected chi connectivity index (χ0v) is 10.0. The molecular formula is C12H18O2S. The van der Waals surface area contributed by atoms with Gasteiger partial charge in [-0.3, -0.25) is 0 Å². The SMILES string of the molecule is CCC(CO)CSc1cccc(C)c1O. The van der Waals surface area contributed by atoms with Crippen molar-refractivity contribution >= 4 is 11.8 Å². The summed E-state index contributed by atoms with van der Waals surface area (Å²) in [6.45, 7) is 4.18. The van der Waals surface area contributed by atoms with Gasteiger partial charge in [-0.1, -0.05) is 25.5 Å². The van der Waals surface area contributed by atoms with Crippen LogP contribution < -0.4 is 0 Å². The number of para-hydroxylation sites is 1. The monoisotopic (exact) mass is 226 g/mol. The highest BCUT2D eigenvalue weighted by Gasteiger charge is 2.08. The first-order valence-electron chi connectivity index (χ1n) is 5.21. The molecule has 0 aliphatic rings. The van der Waals surface area contributed by atoms with Gasteiger partial charge in [-0.2, -0.15) is 0 Å². The number of rotatable bonds is 5. The highest BCUT2D eigenvalue weighted by molar-refractivity contribution is 7.99. The van der Waals surface area contributed by atoms with Crippen molar-refractivity contribution in [2.75, 3.05) is 12.4 Å². The van der Waals surface area contributed by atoms with Crippen molar-refractivity contribution in [3.05, 3.63) is 23.8 Å². The summed E-state index contributed by atoms with van der Waals surface area (Å²) < 4.78 is 0. The van der Waals surface area contributed by atoms with E-state index >= 15 is 0 Å². The van der Waals surface area contributed by atoms with Crippen molar-refractivity contribution in [1.82, 2.24) is 0 Å². The summed E-state index contributed by atoms with van der Waals surface area (Å²) in [5, 5.41) is 18.8. The minimum absolute atomic E-state index is 0.218. The van der Waals surface area contributed by atoms with Gasteiger partial charge in [0.2, 0.25) is 0 Å². The summed E-state index contributed by atoms with van der Waals surface area (Å²) in [6, 6.07) is 5.75. The first-order valence-corrected chi connectivity index (χ1v) is 6.19. The van der Waals surface area contributed by atoms with Crippen LogP contribution in [0.3, 0.4) is 0 Å². The van der Waals surface area contributed by atoms with E-state index in [1.54, 1.807) is 11.8 Å². The third-order valence-corrected chi connectivity index (χ3v) is 3.79. The molecule has 3 heteroatoms. The Bertz CT molecular complexity index is 308. The van der Waals surface area contributed by atoms with Crippen LogP contribution >= 0.6 is 11.8 Å². The van der Waals surface area contributed by atoms with E-state index in [0.29, 0.717) is 11.7 Å². The van der Waals surface area contributed by atoms with Crippen LogP contribution in [0.1, 0.15) is 18.9 Å². The maximum atomic E-state index is 9.77. The second-order valence-corrected chi connectivity index (χ2v) is 4.75. The Morgan fingerprint density at radius 1 is 1.40 bits per heavy atom. The van der Waals surface area contributed by atoms with Crippen LogP contribution in [0.2, 0.25) is 0 Å². The van der Waals surface area contributed by atoms with E-state index in [-0.39, 0.29) is 6.61 Å². The lowest BCUT2D eigenvalue weighted by atomic mass is 10.1. The number of hydrogen-bond acceptors (Lipinski definition) is 3. The molecule has 0 heterocycles. The van der Waals surface area contributed by atoms with Crippen molar-refractivity contribution < 1.29 is 10.2 Å². The van der Waals surface area contributed by atoms with Gasteiger partial charge in [-0.25, -0.2) is 0 Å². The molecule has 0 radical (unpaired) electrons. The predicted molar refractivity (Wildman–Crippen MR) is 64.4 cm³/mol. The van der Waals surface area contributed by atoms with E-state index in [2.05, 4.69) is 6.92 Å². The molecule has 0 saturated carbocycles. The molecule has 0 aliphatic heterocycles.